The van der Waals surface area contributed by atoms with Crippen molar-refractivity contribution >= 4 is 40.8 Å². The van der Waals surface area contributed by atoms with E-state index in [1.807, 2.05) is 6.92 Å². The van der Waals surface area contributed by atoms with Crippen LogP contribution in [0.3, 0.4) is 0 Å². The molecule has 0 bridgehead atoms. The first-order chi connectivity index (χ1) is 12.3. The zero-order valence-electron chi connectivity index (χ0n) is 14.8. The van der Waals surface area contributed by atoms with Crippen LogP contribution >= 0.6 is 22.9 Å². The molecule has 1 aromatic heterocycles. The third kappa shape index (κ3) is 2.85. The Labute approximate surface area is 160 Å². The Hall–Kier alpha value is -2.12. The predicted octanol–water partition coefficient (Wildman–Crippen LogP) is 3.38. The number of cyclic esters (lactones) is 2. The van der Waals surface area contributed by atoms with Gasteiger partial charge < -0.3 is 14.4 Å². The fourth-order valence-corrected chi connectivity index (χ4v) is 4.57. The van der Waals surface area contributed by atoms with Gasteiger partial charge in [0.05, 0.1) is 28.2 Å². The standard InChI is InChI=1S/C18H18ClNO5S/c1-5-20-9(4)11(16(21)24-8(2)3)12(15-10(19)6-7-26-15)13-14(20)18(23)25-17(13)22/h6-8,12H,5H2,1-4H3. The van der Waals surface area contributed by atoms with E-state index in [1.54, 1.807) is 37.1 Å². The highest BCUT2D eigenvalue weighted by molar-refractivity contribution is 7.10. The molecule has 3 heterocycles. The molecule has 2 aliphatic heterocycles. The molecule has 138 valence electrons. The molecule has 8 heteroatoms. The summed E-state index contributed by atoms with van der Waals surface area (Å²) in [5, 5.41) is 2.19. The van der Waals surface area contributed by atoms with Gasteiger partial charge in [0, 0.05) is 17.1 Å². The van der Waals surface area contributed by atoms with Crippen molar-refractivity contribution in [2.24, 2.45) is 0 Å². The number of rotatable bonds is 4. The molecule has 0 aromatic carbocycles. The third-order valence-electron chi connectivity index (χ3n) is 4.28. The molecular weight excluding hydrogens is 378 g/mol. The van der Waals surface area contributed by atoms with Crippen molar-refractivity contribution in [2.45, 2.75) is 39.7 Å². The number of hydrogen-bond acceptors (Lipinski definition) is 7. The van der Waals surface area contributed by atoms with E-state index in [4.69, 9.17) is 21.1 Å². The summed E-state index contributed by atoms with van der Waals surface area (Å²) in [4.78, 5) is 39.8. The largest absolute Gasteiger partial charge is 0.460 e. The number of hydrogen-bond donors (Lipinski definition) is 0. The Balaban J connectivity index is 2.26. The lowest BCUT2D eigenvalue weighted by Gasteiger charge is -2.34. The number of likely N-dealkylation sites (N-methyl/N-ethyl adjacent to an activating group) is 1. The molecule has 1 aromatic rings. The van der Waals surface area contributed by atoms with E-state index in [9.17, 15) is 14.4 Å². The highest BCUT2D eigenvalue weighted by Crippen LogP contribution is 2.48. The molecule has 0 radical (unpaired) electrons. The zero-order valence-corrected chi connectivity index (χ0v) is 16.4. The summed E-state index contributed by atoms with van der Waals surface area (Å²) in [5.74, 6) is -2.78. The fraction of sp³-hybridized carbons (Fsp3) is 0.389. The predicted molar refractivity (Wildman–Crippen MR) is 96.5 cm³/mol. The molecule has 0 saturated carbocycles. The second-order valence-electron chi connectivity index (χ2n) is 6.20. The number of ether oxygens (including phenoxy) is 2. The summed E-state index contributed by atoms with van der Waals surface area (Å²) in [6.07, 6.45) is -0.329. The van der Waals surface area contributed by atoms with Gasteiger partial charge in [-0.25, -0.2) is 14.4 Å². The summed E-state index contributed by atoms with van der Waals surface area (Å²) in [5.41, 5.74) is 1.17. The van der Waals surface area contributed by atoms with E-state index in [-0.39, 0.29) is 17.4 Å². The second kappa shape index (κ2) is 6.89. The average molecular weight is 396 g/mol. The molecule has 3 rings (SSSR count). The number of allylic oxidation sites excluding steroid dienone is 1. The summed E-state index contributed by atoms with van der Waals surface area (Å²) >= 11 is 7.62. The number of nitrogens with zero attached hydrogens (tertiary/aromatic N) is 1. The summed E-state index contributed by atoms with van der Waals surface area (Å²) in [6.45, 7) is 7.46. The summed E-state index contributed by atoms with van der Waals surface area (Å²) < 4.78 is 10.3. The van der Waals surface area contributed by atoms with Crippen LogP contribution in [0.15, 0.2) is 34.0 Å². The van der Waals surface area contributed by atoms with Crippen LogP contribution in [-0.2, 0) is 23.9 Å². The first-order valence-corrected chi connectivity index (χ1v) is 9.46. The Morgan fingerprint density at radius 3 is 2.62 bits per heavy atom. The minimum absolute atomic E-state index is 0.141. The number of carbonyl (C=O) groups is 3. The van der Waals surface area contributed by atoms with Crippen LogP contribution in [0.5, 0.6) is 0 Å². The van der Waals surface area contributed by atoms with E-state index in [0.29, 0.717) is 27.7 Å². The lowest BCUT2D eigenvalue weighted by atomic mass is 9.84. The van der Waals surface area contributed by atoms with Crippen LogP contribution in [0, 0.1) is 0 Å². The molecular formula is C18H18ClNO5S. The van der Waals surface area contributed by atoms with Crippen LogP contribution in [0.25, 0.3) is 0 Å². The molecule has 6 nitrogen and oxygen atoms in total. The number of esters is 3. The zero-order chi connectivity index (χ0) is 19.2. The lowest BCUT2D eigenvalue weighted by Crippen LogP contribution is -2.35. The van der Waals surface area contributed by atoms with Crippen LogP contribution in [0.2, 0.25) is 5.02 Å². The quantitative estimate of drug-likeness (QED) is 0.574. The van der Waals surface area contributed by atoms with Gasteiger partial charge in [-0.2, -0.15) is 0 Å². The second-order valence-corrected chi connectivity index (χ2v) is 7.56. The summed E-state index contributed by atoms with van der Waals surface area (Å²) in [6, 6.07) is 1.69. The van der Waals surface area contributed by atoms with Gasteiger partial charge in [0.2, 0.25) is 0 Å². The van der Waals surface area contributed by atoms with E-state index in [1.165, 1.54) is 11.3 Å². The molecule has 0 saturated heterocycles. The van der Waals surface area contributed by atoms with E-state index < -0.39 is 23.8 Å². The van der Waals surface area contributed by atoms with Crippen molar-refractivity contribution in [3.63, 3.8) is 0 Å². The van der Waals surface area contributed by atoms with E-state index in [2.05, 4.69) is 0 Å². The van der Waals surface area contributed by atoms with Crippen LogP contribution in [0.1, 0.15) is 38.5 Å². The van der Waals surface area contributed by atoms with Gasteiger partial charge in [0.1, 0.15) is 5.70 Å². The number of carbonyl (C=O) groups excluding carboxylic acids is 3. The van der Waals surface area contributed by atoms with Gasteiger partial charge in [0.15, 0.2) is 0 Å². The fourth-order valence-electron chi connectivity index (χ4n) is 3.28. The molecule has 1 unspecified atom stereocenters. The molecule has 2 aliphatic rings. The molecule has 0 fully saturated rings. The minimum atomic E-state index is -0.787. The average Bonchev–Trinajstić information content (AvgIpc) is 3.09. The lowest BCUT2D eigenvalue weighted by molar-refractivity contribution is -0.151. The normalized spacial score (nSPS) is 20.1. The van der Waals surface area contributed by atoms with Gasteiger partial charge >= 0.3 is 17.9 Å². The van der Waals surface area contributed by atoms with Crippen LogP contribution in [0.4, 0.5) is 0 Å². The van der Waals surface area contributed by atoms with Crippen molar-refractivity contribution in [1.29, 1.82) is 0 Å². The van der Waals surface area contributed by atoms with Gasteiger partial charge in [-0.15, -0.1) is 11.3 Å². The Kier molecular flexibility index (Phi) is 4.94. The molecule has 0 spiro atoms. The van der Waals surface area contributed by atoms with Crippen molar-refractivity contribution in [2.75, 3.05) is 6.54 Å². The number of halogens is 1. The third-order valence-corrected chi connectivity index (χ3v) is 5.70. The first-order valence-electron chi connectivity index (χ1n) is 8.20. The first kappa shape index (κ1) is 18.7. The Morgan fingerprint density at radius 2 is 2.08 bits per heavy atom. The van der Waals surface area contributed by atoms with E-state index >= 15 is 0 Å². The highest BCUT2D eigenvalue weighted by atomic mass is 35.5. The Bertz CT molecular complexity index is 867. The maximum absolute atomic E-state index is 12.9. The van der Waals surface area contributed by atoms with Crippen molar-refractivity contribution in [1.82, 2.24) is 4.90 Å². The van der Waals surface area contributed by atoms with Crippen molar-refractivity contribution in [3.8, 4) is 0 Å². The molecule has 0 N–H and O–H groups in total. The van der Waals surface area contributed by atoms with Gasteiger partial charge in [0.25, 0.3) is 0 Å². The summed E-state index contributed by atoms with van der Waals surface area (Å²) in [7, 11) is 0. The smallest absolute Gasteiger partial charge is 0.363 e. The molecule has 26 heavy (non-hydrogen) atoms. The number of thiophene rings is 1. The van der Waals surface area contributed by atoms with Crippen LogP contribution < -0.4 is 0 Å². The SMILES string of the molecule is CCN1C(C)=C(C(=O)OC(C)C)C(c2sccc2Cl)C2=C1C(=O)OC2=O. The van der Waals surface area contributed by atoms with E-state index in [0.717, 1.165) is 0 Å². The van der Waals surface area contributed by atoms with Crippen molar-refractivity contribution in [3.05, 3.63) is 43.9 Å². The Morgan fingerprint density at radius 1 is 1.38 bits per heavy atom. The van der Waals surface area contributed by atoms with Gasteiger partial charge in [-0.05, 0) is 39.1 Å². The maximum atomic E-state index is 12.9. The highest BCUT2D eigenvalue weighted by Gasteiger charge is 2.49. The minimum Gasteiger partial charge on any atom is -0.460 e. The van der Waals surface area contributed by atoms with Crippen LogP contribution in [-0.4, -0.2) is 35.5 Å². The maximum Gasteiger partial charge on any atom is 0.363 e. The van der Waals surface area contributed by atoms with Gasteiger partial charge in [-0.3, -0.25) is 0 Å². The van der Waals surface area contributed by atoms with Gasteiger partial charge in [-0.1, -0.05) is 11.6 Å². The van der Waals surface area contributed by atoms with Crippen molar-refractivity contribution < 1.29 is 23.9 Å². The molecule has 1 atom stereocenters. The monoisotopic (exact) mass is 395 g/mol. The topological polar surface area (TPSA) is 72.9 Å². The molecule has 0 aliphatic carbocycles. The molecule has 0 amide bonds.